The molecule has 1 aliphatic rings. The van der Waals surface area contributed by atoms with Gasteiger partial charge in [-0.05, 0) is 56.5 Å². The Bertz CT molecular complexity index is 367. The number of benzene rings is 1. The molecule has 1 fully saturated rings. The zero-order valence-electron chi connectivity index (χ0n) is 11.3. The van der Waals surface area contributed by atoms with Crippen LogP contribution in [0.2, 0.25) is 5.02 Å². The third-order valence-corrected chi connectivity index (χ3v) is 4.17. The first-order chi connectivity index (χ1) is 8.58. The van der Waals surface area contributed by atoms with E-state index in [1.165, 1.54) is 18.4 Å². The molecule has 2 nitrogen and oxygen atoms in total. The third-order valence-electron chi connectivity index (χ3n) is 3.92. The van der Waals surface area contributed by atoms with Gasteiger partial charge in [-0.1, -0.05) is 30.7 Å². The van der Waals surface area contributed by atoms with Gasteiger partial charge < -0.3 is 5.73 Å². The zero-order valence-corrected chi connectivity index (χ0v) is 12.0. The maximum atomic E-state index is 6.20. The molecule has 18 heavy (non-hydrogen) atoms. The Kier molecular flexibility index (Phi) is 4.66. The van der Waals surface area contributed by atoms with Crippen molar-refractivity contribution in [3.05, 3.63) is 34.9 Å². The number of nitrogens with zero attached hydrogens (tertiary/aromatic N) is 1. The fourth-order valence-electron chi connectivity index (χ4n) is 2.81. The summed E-state index contributed by atoms with van der Waals surface area (Å²) in [4.78, 5) is 2.52. The molecule has 0 saturated carbocycles. The molecule has 1 saturated heterocycles. The van der Waals surface area contributed by atoms with Crippen molar-refractivity contribution in [2.75, 3.05) is 13.1 Å². The van der Waals surface area contributed by atoms with Crippen LogP contribution in [-0.4, -0.2) is 24.0 Å². The highest BCUT2D eigenvalue weighted by Gasteiger charge is 2.27. The second-order valence-electron chi connectivity index (χ2n) is 5.57. The predicted molar refractivity (Wildman–Crippen MR) is 77.8 cm³/mol. The number of likely N-dealkylation sites (tertiary alicyclic amines) is 1. The van der Waals surface area contributed by atoms with Gasteiger partial charge in [-0.15, -0.1) is 0 Å². The minimum Gasteiger partial charge on any atom is -0.326 e. The fourth-order valence-corrected chi connectivity index (χ4v) is 2.94. The number of piperidine rings is 1. The van der Waals surface area contributed by atoms with Crippen molar-refractivity contribution in [2.24, 2.45) is 11.7 Å². The summed E-state index contributed by atoms with van der Waals surface area (Å²) >= 11 is 5.96. The maximum Gasteiger partial charge on any atom is 0.0496 e. The van der Waals surface area contributed by atoms with Crippen LogP contribution in [0.25, 0.3) is 0 Å². The topological polar surface area (TPSA) is 29.3 Å². The number of hydrogen-bond acceptors (Lipinski definition) is 2. The Morgan fingerprint density at radius 3 is 2.28 bits per heavy atom. The van der Waals surface area contributed by atoms with Gasteiger partial charge in [0.15, 0.2) is 0 Å². The molecule has 0 amide bonds. The summed E-state index contributed by atoms with van der Waals surface area (Å²) in [5, 5.41) is 0.787. The van der Waals surface area contributed by atoms with Crippen molar-refractivity contribution in [2.45, 2.75) is 38.8 Å². The van der Waals surface area contributed by atoms with E-state index in [9.17, 15) is 0 Å². The number of halogens is 1. The summed E-state index contributed by atoms with van der Waals surface area (Å²) < 4.78 is 0. The molecule has 1 aromatic carbocycles. The van der Waals surface area contributed by atoms with Crippen molar-refractivity contribution in [3.8, 4) is 0 Å². The second-order valence-corrected chi connectivity index (χ2v) is 6.01. The van der Waals surface area contributed by atoms with E-state index in [0.29, 0.717) is 6.04 Å². The molecule has 1 heterocycles. The van der Waals surface area contributed by atoms with Crippen LogP contribution in [0, 0.1) is 5.92 Å². The number of nitrogens with two attached hydrogens (primary N) is 1. The van der Waals surface area contributed by atoms with Gasteiger partial charge in [-0.2, -0.15) is 0 Å². The molecule has 0 radical (unpaired) electrons. The van der Waals surface area contributed by atoms with Crippen molar-refractivity contribution >= 4 is 11.6 Å². The van der Waals surface area contributed by atoms with Crippen LogP contribution in [0.4, 0.5) is 0 Å². The average molecular weight is 267 g/mol. The first kappa shape index (κ1) is 13.9. The average Bonchev–Trinajstić information content (AvgIpc) is 2.34. The van der Waals surface area contributed by atoms with Crippen LogP contribution >= 0.6 is 11.6 Å². The van der Waals surface area contributed by atoms with Crippen molar-refractivity contribution in [1.82, 2.24) is 4.90 Å². The van der Waals surface area contributed by atoms with E-state index in [0.717, 1.165) is 24.0 Å². The standard InChI is InChI=1S/C15H23ClN2/c1-11-7-9-18(10-8-11)15(12(2)17)13-3-5-14(16)6-4-13/h3-6,11-12,15H,7-10,17H2,1-2H3. The van der Waals surface area contributed by atoms with Crippen molar-refractivity contribution in [3.63, 3.8) is 0 Å². The second kappa shape index (κ2) is 6.05. The summed E-state index contributed by atoms with van der Waals surface area (Å²) in [6, 6.07) is 8.58. The first-order valence-electron chi connectivity index (χ1n) is 6.83. The summed E-state index contributed by atoms with van der Waals surface area (Å²) in [6.07, 6.45) is 2.55. The Morgan fingerprint density at radius 2 is 1.78 bits per heavy atom. The lowest BCUT2D eigenvalue weighted by molar-refractivity contribution is 0.124. The van der Waals surface area contributed by atoms with E-state index in [2.05, 4.69) is 30.9 Å². The lowest BCUT2D eigenvalue weighted by Crippen LogP contribution is -2.43. The van der Waals surface area contributed by atoms with Gasteiger partial charge in [0.25, 0.3) is 0 Å². The van der Waals surface area contributed by atoms with E-state index in [1.807, 2.05) is 12.1 Å². The Labute approximate surface area is 115 Å². The molecule has 2 rings (SSSR count). The lowest BCUT2D eigenvalue weighted by atomic mass is 9.93. The molecule has 2 atom stereocenters. The van der Waals surface area contributed by atoms with Gasteiger partial charge in [-0.3, -0.25) is 4.90 Å². The largest absolute Gasteiger partial charge is 0.326 e. The molecule has 2 unspecified atom stereocenters. The van der Waals surface area contributed by atoms with Gasteiger partial charge in [0.2, 0.25) is 0 Å². The molecule has 0 spiro atoms. The molecule has 1 aromatic rings. The third kappa shape index (κ3) is 3.25. The molecule has 1 aliphatic heterocycles. The normalized spacial score (nSPS) is 21.8. The van der Waals surface area contributed by atoms with Crippen LogP contribution in [0.15, 0.2) is 24.3 Å². The molecular formula is C15H23ClN2. The molecule has 100 valence electrons. The van der Waals surface area contributed by atoms with Gasteiger partial charge >= 0.3 is 0 Å². The van der Waals surface area contributed by atoms with Gasteiger partial charge in [0.1, 0.15) is 0 Å². The highest BCUT2D eigenvalue weighted by atomic mass is 35.5. The lowest BCUT2D eigenvalue weighted by Gasteiger charge is -2.39. The Hall–Kier alpha value is -0.570. The Balaban J connectivity index is 2.15. The van der Waals surface area contributed by atoms with E-state index in [1.54, 1.807) is 0 Å². The van der Waals surface area contributed by atoms with Crippen LogP contribution in [0.1, 0.15) is 38.3 Å². The first-order valence-corrected chi connectivity index (χ1v) is 7.21. The van der Waals surface area contributed by atoms with E-state index in [4.69, 9.17) is 17.3 Å². The highest BCUT2D eigenvalue weighted by molar-refractivity contribution is 6.30. The van der Waals surface area contributed by atoms with Gasteiger partial charge in [0.05, 0.1) is 0 Å². The molecule has 3 heteroatoms. The number of rotatable bonds is 3. The minimum absolute atomic E-state index is 0.139. The molecular weight excluding hydrogens is 244 g/mol. The van der Waals surface area contributed by atoms with Gasteiger partial charge in [0, 0.05) is 17.1 Å². The van der Waals surface area contributed by atoms with E-state index >= 15 is 0 Å². The monoisotopic (exact) mass is 266 g/mol. The molecule has 0 aromatic heterocycles. The zero-order chi connectivity index (χ0) is 13.1. The SMILES string of the molecule is CC1CCN(C(c2ccc(Cl)cc2)C(C)N)CC1. The van der Waals surface area contributed by atoms with Crippen LogP contribution in [0.5, 0.6) is 0 Å². The molecule has 0 bridgehead atoms. The maximum absolute atomic E-state index is 6.20. The van der Waals surface area contributed by atoms with Crippen molar-refractivity contribution < 1.29 is 0 Å². The summed E-state index contributed by atoms with van der Waals surface area (Å²) in [7, 11) is 0. The van der Waals surface area contributed by atoms with E-state index in [-0.39, 0.29) is 6.04 Å². The fraction of sp³-hybridized carbons (Fsp3) is 0.600. The van der Waals surface area contributed by atoms with Crippen LogP contribution in [0.3, 0.4) is 0 Å². The summed E-state index contributed by atoms with van der Waals surface area (Å²) in [5.74, 6) is 0.847. The van der Waals surface area contributed by atoms with E-state index < -0.39 is 0 Å². The minimum atomic E-state index is 0.139. The number of hydrogen-bond donors (Lipinski definition) is 1. The van der Waals surface area contributed by atoms with Crippen LogP contribution in [-0.2, 0) is 0 Å². The van der Waals surface area contributed by atoms with Gasteiger partial charge in [-0.25, -0.2) is 0 Å². The quantitative estimate of drug-likeness (QED) is 0.908. The molecule has 2 N–H and O–H groups in total. The molecule has 0 aliphatic carbocycles. The highest BCUT2D eigenvalue weighted by Crippen LogP contribution is 2.29. The Morgan fingerprint density at radius 1 is 1.22 bits per heavy atom. The summed E-state index contributed by atoms with van der Waals surface area (Å²) in [5.41, 5.74) is 7.48. The van der Waals surface area contributed by atoms with Crippen molar-refractivity contribution in [1.29, 1.82) is 0 Å². The summed E-state index contributed by atoms with van der Waals surface area (Å²) in [6.45, 7) is 6.73. The predicted octanol–water partition coefficient (Wildman–Crippen LogP) is 3.46. The van der Waals surface area contributed by atoms with Crippen LogP contribution < -0.4 is 5.73 Å². The smallest absolute Gasteiger partial charge is 0.0496 e.